The van der Waals surface area contributed by atoms with Gasteiger partial charge >= 0.3 is 0 Å². The Labute approximate surface area is 155 Å². The third kappa shape index (κ3) is 4.19. The van der Waals surface area contributed by atoms with Crippen LogP contribution in [0.5, 0.6) is 0 Å². The fourth-order valence-corrected chi connectivity index (χ4v) is 3.28. The van der Waals surface area contributed by atoms with Gasteiger partial charge in [0.15, 0.2) is 0 Å². The highest BCUT2D eigenvalue weighted by Crippen LogP contribution is 2.22. The Morgan fingerprint density at radius 2 is 1.92 bits per heavy atom. The molecule has 1 saturated heterocycles. The topological polar surface area (TPSA) is 61.4 Å². The maximum absolute atomic E-state index is 12.4. The molecule has 1 fully saturated rings. The van der Waals surface area contributed by atoms with Crippen LogP contribution >= 0.6 is 0 Å². The number of anilines is 2. The van der Waals surface area contributed by atoms with Crippen molar-refractivity contribution in [1.29, 1.82) is 0 Å². The van der Waals surface area contributed by atoms with Crippen LogP contribution in [0, 0.1) is 27.7 Å². The number of carbonyl (C=O) groups excluding carboxylic acids is 1. The summed E-state index contributed by atoms with van der Waals surface area (Å²) in [6.45, 7) is 10.1. The van der Waals surface area contributed by atoms with Crippen molar-refractivity contribution < 1.29 is 4.79 Å². The van der Waals surface area contributed by atoms with Crippen LogP contribution in [-0.4, -0.2) is 53.5 Å². The molecule has 2 aromatic rings. The van der Waals surface area contributed by atoms with E-state index in [4.69, 9.17) is 0 Å². The van der Waals surface area contributed by atoms with E-state index in [9.17, 15) is 4.79 Å². The third-order valence-electron chi connectivity index (χ3n) is 4.81. The molecular formula is C20H27N5O. The second kappa shape index (κ2) is 7.41. The maximum atomic E-state index is 12.4. The van der Waals surface area contributed by atoms with Crippen molar-refractivity contribution in [2.24, 2.45) is 0 Å². The van der Waals surface area contributed by atoms with Crippen LogP contribution in [0.4, 0.5) is 11.5 Å². The Kier molecular flexibility index (Phi) is 5.23. The minimum Gasteiger partial charge on any atom is -0.353 e. The van der Waals surface area contributed by atoms with Crippen molar-refractivity contribution in [1.82, 2.24) is 14.9 Å². The van der Waals surface area contributed by atoms with E-state index in [-0.39, 0.29) is 5.91 Å². The van der Waals surface area contributed by atoms with Gasteiger partial charge in [0.1, 0.15) is 11.6 Å². The summed E-state index contributed by atoms with van der Waals surface area (Å²) in [4.78, 5) is 25.5. The second-order valence-corrected chi connectivity index (χ2v) is 7.26. The number of benzene rings is 1. The van der Waals surface area contributed by atoms with Crippen LogP contribution in [0.25, 0.3) is 0 Å². The molecule has 2 heterocycles. The first-order valence-corrected chi connectivity index (χ1v) is 8.96. The lowest BCUT2D eigenvalue weighted by Crippen LogP contribution is -2.59. The Morgan fingerprint density at radius 1 is 1.19 bits per heavy atom. The van der Waals surface area contributed by atoms with E-state index in [0.29, 0.717) is 12.6 Å². The molecule has 0 saturated carbocycles. The first kappa shape index (κ1) is 18.3. The smallest absolute Gasteiger partial charge is 0.238 e. The molecule has 1 aromatic heterocycles. The van der Waals surface area contributed by atoms with Crippen molar-refractivity contribution >= 4 is 17.4 Å². The first-order chi connectivity index (χ1) is 12.3. The number of hydrogen-bond acceptors (Lipinski definition) is 5. The predicted octanol–water partition coefficient (Wildman–Crippen LogP) is 2.47. The standard InChI is InChI=1S/C20H27N5O/c1-13-6-7-18(14(2)8-13)23-20(26)12-24(5)17-10-25(11-17)19-9-15(3)21-16(4)22-19/h6-9,17H,10-12H2,1-5H3,(H,23,26). The van der Waals surface area contributed by atoms with Crippen molar-refractivity contribution in [3.63, 3.8) is 0 Å². The molecule has 0 unspecified atom stereocenters. The van der Waals surface area contributed by atoms with E-state index in [1.807, 2.05) is 46.0 Å². The summed E-state index contributed by atoms with van der Waals surface area (Å²) in [7, 11) is 2.00. The highest BCUT2D eigenvalue weighted by Gasteiger charge is 2.31. The molecule has 1 aliphatic heterocycles. The molecule has 0 spiro atoms. The summed E-state index contributed by atoms with van der Waals surface area (Å²) in [6, 6.07) is 8.43. The number of nitrogens with zero attached hydrogens (tertiary/aromatic N) is 4. The van der Waals surface area contributed by atoms with E-state index in [1.54, 1.807) is 0 Å². The fraction of sp³-hybridized carbons (Fsp3) is 0.450. The molecule has 1 aliphatic rings. The molecule has 26 heavy (non-hydrogen) atoms. The van der Waals surface area contributed by atoms with Crippen LogP contribution in [0.2, 0.25) is 0 Å². The lowest BCUT2D eigenvalue weighted by molar-refractivity contribution is -0.117. The van der Waals surface area contributed by atoms with E-state index in [0.717, 1.165) is 41.7 Å². The molecule has 1 amide bonds. The number of carbonyl (C=O) groups is 1. The summed E-state index contributed by atoms with van der Waals surface area (Å²) in [5, 5.41) is 3.01. The summed E-state index contributed by atoms with van der Waals surface area (Å²) in [5.74, 6) is 1.79. The number of nitrogens with one attached hydrogen (secondary N) is 1. The largest absolute Gasteiger partial charge is 0.353 e. The number of rotatable bonds is 5. The summed E-state index contributed by atoms with van der Waals surface area (Å²) >= 11 is 0. The molecule has 138 valence electrons. The molecule has 3 rings (SSSR count). The normalized spacial score (nSPS) is 14.5. The molecule has 1 aromatic carbocycles. The van der Waals surface area contributed by atoms with Gasteiger partial charge in [-0.1, -0.05) is 17.7 Å². The van der Waals surface area contributed by atoms with Crippen LogP contribution in [0.3, 0.4) is 0 Å². The number of amides is 1. The maximum Gasteiger partial charge on any atom is 0.238 e. The lowest BCUT2D eigenvalue weighted by Gasteiger charge is -2.44. The quantitative estimate of drug-likeness (QED) is 0.895. The average molecular weight is 353 g/mol. The van der Waals surface area contributed by atoms with E-state index in [2.05, 4.69) is 38.1 Å². The minimum absolute atomic E-state index is 0.0200. The highest BCUT2D eigenvalue weighted by molar-refractivity contribution is 5.93. The molecule has 0 bridgehead atoms. The number of aryl methyl sites for hydroxylation is 4. The van der Waals surface area contributed by atoms with Crippen LogP contribution in [-0.2, 0) is 4.79 Å². The van der Waals surface area contributed by atoms with Gasteiger partial charge in [0.25, 0.3) is 0 Å². The Bertz CT molecular complexity index is 794. The molecular weight excluding hydrogens is 326 g/mol. The van der Waals surface area contributed by atoms with Crippen molar-refractivity contribution in [3.8, 4) is 0 Å². The molecule has 0 atom stereocenters. The zero-order chi connectivity index (χ0) is 18.8. The highest BCUT2D eigenvalue weighted by atomic mass is 16.2. The van der Waals surface area contributed by atoms with Gasteiger partial charge in [-0.25, -0.2) is 9.97 Å². The SMILES string of the molecule is Cc1ccc(NC(=O)CN(C)C2CN(c3cc(C)nc(C)n3)C2)c(C)c1. The summed E-state index contributed by atoms with van der Waals surface area (Å²) in [5.41, 5.74) is 4.15. The van der Waals surface area contributed by atoms with Crippen LogP contribution in [0.1, 0.15) is 22.6 Å². The Morgan fingerprint density at radius 3 is 2.58 bits per heavy atom. The molecule has 0 aliphatic carbocycles. The van der Waals surface area contributed by atoms with Gasteiger partial charge in [-0.3, -0.25) is 9.69 Å². The van der Waals surface area contributed by atoms with Gasteiger partial charge in [-0.15, -0.1) is 0 Å². The van der Waals surface area contributed by atoms with Crippen molar-refractivity contribution in [3.05, 3.63) is 46.9 Å². The Hall–Kier alpha value is -2.47. The molecule has 1 N–H and O–H groups in total. The fourth-order valence-electron chi connectivity index (χ4n) is 3.28. The zero-order valence-corrected chi connectivity index (χ0v) is 16.2. The van der Waals surface area contributed by atoms with E-state index < -0.39 is 0 Å². The minimum atomic E-state index is 0.0200. The summed E-state index contributed by atoms with van der Waals surface area (Å²) in [6.07, 6.45) is 0. The molecule has 0 radical (unpaired) electrons. The van der Waals surface area contributed by atoms with E-state index in [1.165, 1.54) is 5.56 Å². The first-order valence-electron chi connectivity index (χ1n) is 8.96. The van der Waals surface area contributed by atoms with Crippen molar-refractivity contribution in [2.45, 2.75) is 33.7 Å². The number of likely N-dealkylation sites (N-methyl/N-ethyl adjacent to an activating group) is 1. The molecule has 6 heteroatoms. The van der Waals surface area contributed by atoms with Crippen LogP contribution < -0.4 is 10.2 Å². The van der Waals surface area contributed by atoms with E-state index >= 15 is 0 Å². The van der Waals surface area contributed by atoms with Gasteiger partial charge in [-0.2, -0.15) is 0 Å². The third-order valence-corrected chi connectivity index (χ3v) is 4.81. The summed E-state index contributed by atoms with van der Waals surface area (Å²) < 4.78 is 0. The Balaban J connectivity index is 1.51. The predicted molar refractivity (Wildman–Crippen MR) is 105 cm³/mol. The molecule has 6 nitrogen and oxygen atoms in total. The van der Waals surface area contributed by atoms with Gasteiger partial charge in [-0.05, 0) is 46.4 Å². The van der Waals surface area contributed by atoms with Gasteiger partial charge in [0, 0.05) is 36.6 Å². The lowest BCUT2D eigenvalue weighted by atomic mass is 10.1. The van der Waals surface area contributed by atoms with Gasteiger partial charge < -0.3 is 10.2 Å². The number of aromatic nitrogens is 2. The van der Waals surface area contributed by atoms with Gasteiger partial charge in [0.2, 0.25) is 5.91 Å². The van der Waals surface area contributed by atoms with Crippen LogP contribution in [0.15, 0.2) is 24.3 Å². The average Bonchev–Trinajstić information content (AvgIpc) is 2.47. The van der Waals surface area contributed by atoms with Crippen molar-refractivity contribution in [2.75, 3.05) is 36.9 Å². The second-order valence-electron chi connectivity index (χ2n) is 7.26. The monoisotopic (exact) mass is 353 g/mol. The zero-order valence-electron chi connectivity index (χ0n) is 16.2. The number of hydrogen-bond donors (Lipinski definition) is 1. The van der Waals surface area contributed by atoms with Gasteiger partial charge in [0.05, 0.1) is 6.54 Å².